The zero-order valence-electron chi connectivity index (χ0n) is 10.4. The molecule has 0 amide bonds. The fraction of sp³-hybridized carbons (Fsp3) is 0.909. The van der Waals surface area contributed by atoms with E-state index in [1.54, 1.807) is 0 Å². The van der Waals surface area contributed by atoms with Crippen molar-refractivity contribution in [3.8, 4) is 0 Å². The molecule has 0 rings (SSSR count). The Hall–Kier alpha value is -0.153. The molecule has 0 saturated heterocycles. The van der Waals surface area contributed by atoms with Crippen LogP contribution in [0.25, 0.3) is 0 Å². The van der Waals surface area contributed by atoms with Crippen LogP contribution in [0.2, 0.25) is 18.1 Å². The van der Waals surface area contributed by atoms with Gasteiger partial charge in [-0.15, -0.1) is 0 Å². The fourth-order valence-electron chi connectivity index (χ4n) is 0.999. The first kappa shape index (κ1) is 13.8. The van der Waals surface area contributed by atoms with Gasteiger partial charge in [0.25, 0.3) is 0 Å². The molecule has 0 aliphatic rings. The summed E-state index contributed by atoms with van der Waals surface area (Å²) in [4.78, 5) is 10.4. The third-order valence-corrected chi connectivity index (χ3v) is 7.62. The topological polar surface area (TPSA) is 26.3 Å². The zero-order valence-corrected chi connectivity index (χ0v) is 11.4. The zero-order chi connectivity index (χ0) is 11.4. The van der Waals surface area contributed by atoms with Gasteiger partial charge in [-0.2, -0.15) is 0 Å². The van der Waals surface area contributed by atoms with Gasteiger partial charge < -0.3 is 9.22 Å². The number of aldehydes is 1. The number of rotatable bonds is 5. The Morgan fingerprint density at radius 1 is 1.36 bits per heavy atom. The van der Waals surface area contributed by atoms with Crippen molar-refractivity contribution < 1.29 is 9.22 Å². The number of hydrogen-bond donors (Lipinski definition) is 0. The summed E-state index contributed by atoms with van der Waals surface area (Å²) in [6.07, 6.45) is 2.53. The van der Waals surface area contributed by atoms with Crippen LogP contribution in [0, 0.1) is 0 Å². The van der Waals surface area contributed by atoms with Crippen molar-refractivity contribution in [1.82, 2.24) is 0 Å². The van der Waals surface area contributed by atoms with Crippen molar-refractivity contribution in [2.75, 3.05) is 0 Å². The molecule has 0 spiro atoms. The lowest BCUT2D eigenvalue weighted by atomic mass is 10.2. The largest absolute Gasteiger partial charge is 0.414 e. The highest BCUT2D eigenvalue weighted by molar-refractivity contribution is 6.74. The normalized spacial score (nSPS) is 15.3. The van der Waals surface area contributed by atoms with Crippen molar-refractivity contribution in [3.63, 3.8) is 0 Å². The monoisotopic (exact) mass is 216 g/mol. The summed E-state index contributed by atoms with van der Waals surface area (Å²) < 4.78 is 6.10. The van der Waals surface area contributed by atoms with Gasteiger partial charge in [0.15, 0.2) is 8.32 Å². The van der Waals surface area contributed by atoms with Crippen LogP contribution in [0.5, 0.6) is 0 Å². The maximum absolute atomic E-state index is 10.4. The number of hydrogen-bond acceptors (Lipinski definition) is 2. The fourth-order valence-corrected chi connectivity index (χ4v) is 2.45. The molecule has 84 valence electrons. The molecule has 0 heterocycles. The van der Waals surface area contributed by atoms with Crippen molar-refractivity contribution in [3.05, 3.63) is 0 Å². The molecule has 0 aliphatic heterocycles. The molecular formula is C11H24O2Si. The van der Waals surface area contributed by atoms with Crippen LogP contribution in [0.15, 0.2) is 0 Å². The van der Waals surface area contributed by atoms with Crippen molar-refractivity contribution in [2.24, 2.45) is 0 Å². The van der Waals surface area contributed by atoms with Crippen LogP contribution in [-0.2, 0) is 9.22 Å². The molecule has 14 heavy (non-hydrogen) atoms. The third kappa shape index (κ3) is 3.92. The lowest BCUT2D eigenvalue weighted by Crippen LogP contribution is -2.43. The molecule has 2 nitrogen and oxygen atoms in total. The van der Waals surface area contributed by atoms with E-state index in [1.165, 1.54) is 0 Å². The van der Waals surface area contributed by atoms with Crippen LogP contribution >= 0.6 is 0 Å². The minimum atomic E-state index is -1.69. The van der Waals surface area contributed by atoms with E-state index in [0.717, 1.165) is 12.7 Å². The molecule has 0 N–H and O–H groups in total. The molecule has 0 aliphatic carbocycles. The van der Waals surface area contributed by atoms with Crippen LogP contribution in [0.4, 0.5) is 0 Å². The highest BCUT2D eigenvalue weighted by atomic mass is 28.4. The molecule has 0 aromatic carbocycles. The summed E-state index contributed by atoms with van der Waals surface area (Å²) in [5.74, 6) is 0. The summed E-state index contributed by atoms with van der Waals surface area (Å²) in [5.41, 5.74) is 0. The molecule has 1 atom stereocenters. The van der Waals surface area contributed by atoms with Gasteiger partial charge in [0.05, 0.1) is 6.10 Å². The Morgan fingerprint density at radius 2 is 1.86 bits per heavy atom. The van der Waals surface area contributed by atoms with Crippen molar-refractivity contribution in [2.45, 2.75) is 64.8 Å². The lowest BCUT2D eigenvalue weighted by Gasteiger charge is -2.38. The summed E-state index contributed by atoms with van der Waals surface area (Å²) in [5, 5.41) is 0.226. The molecule has 0 saturated carbocycles. The van der Waals surface area contributed by atoms with E-state index in [0.29, 0.717) is 6.42 Å². The summed E-state index contributed by atoms with van der Waals surface area (Å²) in [6.45, 7) is 13.2. The molecular weight excluding hydrogens is 192 g/mol. The van der Waals surface area contributed by atoms with Gasteiger partial charge in [-0.25, -0.2) is 0 Å². The summed E-state index contributed by atoms with van der Waals surface area (Å²) in [7, 11) is -1.69. The van der Waals surface area contributed by atoms with Gasteiger partial charge in [-0.1, -0.05) is 27.7 Å². The number of carbonyl (C=O) groups is 1. The molecule has 0 aromatic heterocycles. The van der Waals surface area contributed by atoms with Crippen LogP contribution in [-0.4, -0.2) is 20.7 Å². The third-order valence-electron chi connectivity index (χ3n) is 3.08. The van der Waals surface area contributed by atoms with Gasteiger partial charge >= 0.3 is 0 Å². The SMILES string of the molecule is CC[C@@H](CC=O)O[Si](C)(C)C(C)(C)C. The summed E-state index contributed by atoms with van der Waals surface area (Å²) in [6, 6.07) is 0. The first-order valence-corrected chi connectivity index (χ1v) is 8.27. The maximum Gasteiger partial charge on any atom is 0.192 e. The van der Waals surface area contributed by atoms with Gasteiger partial charge in [-0.05, 0) is 24.6 Å². The predicted molar refractivity (Wildman–Crippen MR) is 63.0 cm³/mol. The van der Waals surface area contributed by atoms with E-state index in [1.807, 2.05) is 0 Å². The van der Waals surface area contributed by atoms with Gasteiger partial charge in [0.1, 0.15) is 6.29 Å². The van der Waals surface area contributed by atoms with Crippen LogP contribution in [0.3, 0.4) is 0 Å². The Morgan fingerprint density at radius 3 is 2.14 bits per heavy atom. The Balaban J connectivity index is 4.39. The maximum atomic E-state index is 10.4. The average Bonchev–Trinajstić information content (AvgIpc) is 2.01. The molecule has 3 heteroatoms. The van der Waals surface area contributed by atoms with Crippen molar-refractivity contribution >= 4 is 14.6 Å². The van der Waals surface area contributed by atoms with E-state index < -0.39 is 8.32 Å². The Kier molecular flexibility index (Phi) is 5.02. The van der Waals surface area contributed by atoms with Crippen molar-refractivity contribution in [1.29, 1.82) is 0 Å². The molecule has 0 fully saturated rings. The van der Waals surface area contributed by atoms with Gasteiger partial charge in [0.2, 0.25) is 0 Å². The first-order valence-electron chi connectivity index (χ1n) is 5.36. The van der Waals surface area contributed by atoms with E-state index >= 15 is 0 Å². The number of carbonyl (C=O) groups excluding carboxylic acids is 1. The van der Waals surface area contributed by atoms with Crippen LogP contribution < -0.4 is 0 Å². The van der Waals surface area contributed by atoms with Gasteiger partial charge in [-0.3, -0.25) is 0 Å². The summed E-state index contributed by atoms with van der Waals surface area (Å²) >= 11 is 0. The second-order valence-electron chi connectivity index (χ2n) is 5.31. The Labute approximate surface area is 89.2 Å². The molecule has 0 radical (unpaired) electrons. The van der Waals surface area contributed by atoms with E-state index in [2.05, 4.69) is 40.8 Å². The average molecular weight is 216 g/mol. The van der Waals surface area contributed by atoms with Crippen LogP contribution in [0.1, 0.15) is 40.5 Å². The quantitative estimate of drug-likeness (QED) is 0.520. The smallest absolute Gasteiger partial charge is 0.192 e. The van der Waals surface area contributed by atoms with Gasteiger partial charge in [0, 0.05) is 6.42 Å². The molecule has 0 bridgehead atoms. The highest BCUT2D eigenvalue weighted by Crippen LogP contribution is 2.37. The molecule has 0 aromatic rings. The first-order chi connectivity index (χ1) is 6.24. The predicted octanol–water partition coefficient (Wildman–Crippen LogP) is 3.38. The van der Waals surface area contributed by atoms with E-state index in [-0.39, 0.29) is 11.1 Å². The second-order valence-corrected chi connectivity index (χ2v) is 10.1. The van der Waals surface area contributed by atoms with E-state index in [4.69, 9.17) is 4.43 Å². The Bertz CT molecular complexity index is 182. The standard InChI is InChI=1S/C11H24O2Si/c1-7-10(8-9-12)13-14(5,6)11(2,3)4/h9-10H,7-8H2,1-6H3/t10-/m0/s1. The minimum Gasteiger partial charge on any atom is -0.414 e. The lowest BCUT2D eigenvalue weighted by molar-refractivity contribution is -0.109. The van der Waals surface area contributed by atoms with E-state index in [9.17, 15) is 4.79 Å². The molecule has 0 unspecified atom stereocenters. The second kappa shape index (κ2) is 5.08. The highest BCUT2D eigenvalue weighted by Gasteiger charge is 2.38. The minimum absolute atomic E-state index is 0.119.